The molecule has 0 aliphatic carbocycles. The number of carbonyl (C=O) groups excluding carboxylic acids is 1. The molecule has 0 spiro atoms. The Balaban J connectivity index is 2.28. The van der Waals surface area contributed by atoms with E-state index in [0.29, 0.717) is 18.7 Å². The van der Waals surface area contributed by atoms with Crippen LogP contribution in [0.4, 0.5) is 11.4 Å². The van der Waals surface area contributed by atoms with E-state index in [1.165, 1.54) is 0 Å². The molecule has 1 amide bonds. The summed E-state index contributed by atoms with van der Waals surface area (Å²) in [5.41, 5.74) is 7.01. The standard InChI is InChI=1S/C14H23N3O2/c1-2-17(9-10-18)8-4-7-14(19)16-13-6-3-5-12(15)11-13/h3,5-6,11,18H,2,4,7-10,15H2,1H3,(H,16,19). The second-order valence-electron chi connectivity index (χ2n) is 4.44. The topological polar surface area (TPSA) is 78.6 Å². The van der Waals surface area contributed by atoms with E-state index in [9.17, 15) is 4.79 Å². The first-order valence-electron chi connectivity index (χ1n) is 6.64. The molecule has 0 saturated carbocycles. The van der Waals surface area contributed by atoms with E-state index in [2.05, 4.69) is 10.2 Å². The van der Waals surface area contributed by atoms with Gasteiger partial charge in [-0.1, -0.05) is 13.0 Å². The molecule has 0 saturated heterocycles. The Labute approximate surface area is 114 Å². The fourth-order valence-corrected chi connectivity index (χ4v) is 1.87. The zero-order valence-electron chi connectivity index (χ0n) is 11.4. The van der Waals surface area contributed by atoms with Crippen LogP contribution >= 0.6 is 0 Å². The van der Waals surface area contributed by atoms with Gasteiger partial charge >= 0.3 is 0 Å². The van der Waals surface area contributed by atoms with Crippen molar-refractivity contribution in [2.75, 3.05) is 37.3 Å². The SMILES string of the molecule is CCN(CCO)CCCC(=O)Nc1cccc(N)c1. The Hall–Kier alpha value is -1.59. The van der Waals surface area contributed by atoms with Crippen LogP contribution in [0.1, 0.15) is 19.8 Å². The summed E-state index contributed by atoms with van der Waals surface area (Å²) < 4.78 is 0. The monoisotopic (exact) mass is 265 g/mol. The predicted molar refractivity (Wildman–Crippen MR) is 77.9 cm³/mol. The number of aliphatic hydroxyl groups is 1. The van der Waals surface area contributed by atoms with Crippen molar-refractivity contribution < 1.29 is 9.90 Å². The zero-order valence-corrected chi connectivity index (χ0v) is 11.4. The Morgan fingerprint density at radius 3 is 2.84 bits per heavy atom. The normalized spacial score (nSPS) is 10.7. The highest BCUT2D eigenvalue weighted by molar-refractivity contribution is 5.91. The summed E-state index contributed by atoms with van der Waals surface area (Å²) in [7, 11) is 0. The summed E-state index contributed by atoms with van der Waals surface area (Å²) in [6, 6.07) is 7.15. The fourth-order valence-electron chi connectivity index (χ4n) is 1.87. The number of rotatable bonds is 8. The first kappa shape index (κ1) is 15.5. The van der Waals surface area contributed by atoms with E-state index in [-0.39, 0.29) is 12.5 Å². The molecule has 19 heavy (non-hydrogen) atoms. The van der Waals surface area contributed by atoms with Crippen molar-refractivity contribution >= 4 is 17.3 Å². The van der Waals surface area contributed by atoms with Crippen LogP contribution in [0.15, 0.2) is 24.3 Å². The Morgan fingerprint density at radius 1 is 1.42 bits per heavy atom. The second kappa shape index (κ2) is 8.50. The molecule has 106 valence electrons. The smallest absolute Gasteiger partial charge is 0.224 e. The molecule has 4 N–H and O–H groups in total. The van der Waals surface area contributed by atoms with Crippen LogP contribution < -0.4 is 11.1 Å². The number of carbonyl (C=O) groups is 1. The van der Waals surface area contributed by atoms with Crippen LogP contribution in [-0.2, 0) is 4.79 Å². The second-order valence-corrected chi connectivity index (χ2v) is 4.44. The Morgan fingerprint density at radius 2 is 2.21 bits per heavy atom. The molecular formula is C14H23N3O2. The van der Waals surface area contributed by atoms with Gasteiger partial charge in [0.2, 0.25) is 5.91 Å². The summed E-state index contributed by atoms with van der Waals surface area (Å²) in [5, 5.41) is 11.7. The third-order valence-corrected chi connectivity index (χ3v) is 2.91. The van der Waals surface area contributed by atoms with Gasteiger partial charge in [0.15, 0.2) is 0 Å². The number of nitrogens with zero attached hydrogens (tertiary/aromatic N) is 1. The maximum Gasteiger partial charge on any atom is 0.224 e. The van der Waals surface area contributed by atoms with Gasteiger partial charge in [-0.05, 0) is 37.7 Å². The number of nitrogens with one attached hydrogen (secondary N) is 1. The van der Waals surface area contributed by atoms with Crippen molar-refractivity contribution in [3.05, 3.63) is 24.3 Å². The van der Waals surface area contributed by atoms with E-state index in [1.807, 2.05) is 19.1 Å². The molecule has 1 aromatic carbocycles. The van der Waals surface area contributed by atoms with Gasteiger partial charge in [0.05, 0.1) is 6.61 Å². The third kappa shape index (κ3) is 6.22. The molecule has 5 nitrogen and oxygen atoms in total. The van der Waals surface area contributed by atoms with E-state index in [1.54, 1.807) is 12.1 Å². The molecule has 0 heterocycles. The number of benzene rings is 1. The lowest BCUT2D eigenvalue weighted by Crippen LogP contribution is -2.28. The minimum Gasteiger partial charge on any atom is -0.399 e. The minimum absolute atomic E-state index is 0.00866. The van der Waals surface area contributed by atoms with E-state index >= 15 is 0 Å². The third-order valence-electron chi connectivity index (χ3n) is 2.91. The highest BCUT2D eigenvalue weighted by Crippen LogP contribution is 2.12. The van der Waals surface area contributed by atoms with Crippen molar-refractivity contribution in [1.82, 2.24) is 4.90 Å². The van der Waals surface area contributed by atoms with Crippen LogP contribution in [0.5, 0.6) is 0 Å². The number of hydrogen-bond donors (Lipinski definition) is 3. The number of hydrogen-bond acceptors (Lipinski definition) is 4. The lowest BCUT2D eigenvalue weighted by Gasteiger charge is -2.18. The molecule has 0 unspecified atom stereocenters. The number of amides is 1. The lowest BCUT2D eigenvalue weighted by molar-refractivity contribution is -0.116. The molecule has 0 aromatic heterocycles. The maximum absolute atomic E-state index is 11.7. The fraction of sp³-hybridized carbons (Fsp3) is 0.500. The van der Waals surface area contributed by atoms with Gasteiger partial charge in [-0.25, -0.2) is 0 Å². The minimum atomic E-state index is -0.00866. The number of aliphatic hydroxyl groups excluding tert-OH is 1. The molecular weight excluding hydrogens is 242 g/mol. The average molecular weight is 265 g/mol. The molecule has 1 aromatic rings. The van der Waals surface area contributed by atoms with Crippen LogP contribution in [0, 0.1) is 0 Å². The van der Waals surface area contributed by atoms with E-state index in [0.717, 1.165) is 25.2 Å². The molecule has 0 fully saturated rings. The first-order valence-corrected chi connectivity index (χ1v) is 6.64. The number of nitrogens with two attached hydrogens (primary N) is 1. The summed E-state index contributed by atoms with van der Waals surface area (Å²) in [6.45, 7) is 4.57. The van der Waals surface area contributed by atoms with Gasteiger partial charge in [0.25, 0.3) is 0 Å². The summed E-state index contributed by atoms with van der Waals surface area (Å²) in [4.78, 5) is 13.9. The molecule has 5 heteroatoms. The Kier molecular flexibility index (Phi) is 6.92. The van der Waals surface area contributed by atoms with Crippen LogP contribution in [0.25, 0.3) is 0 Å². The number of nitrogen functional groups attached to an aromatic ring is 1. The van der Waals surface area contributed by atoms with Crippen molar-refractivity contribution in [3.63, 3.8) is 0 Å². The van der Waals surface area contributed by atoms with Crippen molar-refractivity contribution in [3.8, 4) is 0 Å². The van der Waals surface area contributed by atoms with Gasteiger partial charge in [0.1, 0.15) is 0 Å². The molecule has 1 rings (SSSR count). The maximum atomic E-state index is 11.7. The quantitative estimate of drug-likeness (QED) is 0.619. The lowest BCUT2D eigenvalue weighted by atomic mass is 10.2. The molecule has 0 aliphatic heterocycles. The van der Waals surface area contributed by atoms with E-state index < -0.39 is 0 Å². The summed E-state index contributed by atoms with van der Waals surface area (Å²) in [5.74, 6) is -0.00866. The summed E-state index contributed by atoms with van der Waals surface area (Å²) in [6.07, 6.45) is 1.25. The van der Waals surface area contributed by atoms with Gasteiger partial charge in [0, 0.05) is 24.3 Å². The first-order chi connectivity index (χ1) is 9.15. The zero-order chi connectivity index (χ0) is 14.1. The molecule has 0 radical (unpaired) electrons. The highest BCUT2D eigenvalue weighted by Gasteiger charge is 2.05. The van der Waals surface area contributed by atoms with Crippen LogP contribution in [-0.4, -0.2) is 42.2 Å². The highest BCUT2D eigenvalue weighted by atomic mass is 16.3. The van der Waals surface area contributed by atoms with Crippen molar-refractivity contribution in [1.29, 1.82) is 0 Å². The van der Waals surface area contributed by atoms with Crippen LogP contribution in [0.3, 0.4) is 0 Å². The van der Waals surface area contributed by atoms with Crippen molar-refractivity contribution in [2.45, 2.75) is 19.8 Å². The average Bonchev–Trinajstić information content (AvgIpc) is 2.37. The molecule has 0 atom stereocenters. The van der Waals surface area contributed by atoms with E-state index in [4.69, 9.17) is 10.8 Å². The predicted octanol–water partition coefficient (Wildman–Crippen LogP) is 1.30. The van der Waals surface area contributed by atoms with Gasteiger partial charge in [-0.2, -0.15) is 0 Å². The largest absolute Gasteiger partial charge is 0.399 e. The summed E-state index contributed by atoms with van der Waals surface area (Å²) >= 11 is 0. The van der Waals surface area contributed by atoms with Gasteiger partial charge < -0.3 is 21.1 Å². The van der Waals surface area contributed by atoms with Gasteiger partial charge in [-0.3, -0.25) is 4.79 Å². The van der Waals surface area contributed by atoms with Gasteiger partial charge in [-0.15, -0.1) is 0 Å². The van der Waals surface area contributed by atoms with Crippen LogP contribution in [0.2, 0.25) is 0 Å². The van der Waals surface area contributed by atoms with Crippen molar-refractivity contribution in [2.24, 2.45) is 0 Å². The molecule has 0 bridgehead atoms. The Bertz CT molecular complexity index is 396. The number of anilines is 2. The molecule has 0 aliphatic rings. The number of likely N-dealkylation sites (N-methyl/N-ethyl adjacent to an activating group) is 1.